The molecule has 10 heteroatoms. The molecule has 1 aromatic rings. The van der Waals surface area contributed by atoms with Crippen LogP contribution < -0.4 is 20.1 Å². The fourth-order valence-corrected chi connectivity index (χ4v) is 3.31. The van der Waals surface area contributed by atoms with E-state index in [9.17, 15) is 19.7 Å². The monoisotopic (exact) mass is 435 g/mol. The molecule has 1 aliphatic heterocycles. The Bertz CT molecular complexity index is 880. The van der Waals surface area contributed by atoms with Crippen molar-refractivity contribution in [3.63, 3.8) is 0 Å². The summed E-state index contributed by atoms with van der Waals surface area (Å²) in [6.07, 6.45) is 1.75. The van der Waals surface area contributed by atoms with Crippen molar-refractivity contribution in [1.29, 1.82) is 0 Å². The number of hydrogen-bond donors (Lipinski definition) is 2. The van der Waals surface area contributed by atoms with Crippen LogP contribution in [-0.4, -0.2) is 36.7 Å². The van der Waals surface area contributed by atoms with Crippen LogP contribution in [0.1, 0.15) is 58.6 Å². The molecule has 0 aromatic heterocycles. The zero-order valence-electron chi connectivity index (χ0n) is 18.4. The number of carbonyl (C=O) groups is 2. The molecular weight excluding hydrogens is 406 g/mol. The smallest absolute Gasteiger partial charge is 0.338 e. The van der Waals surface area contributed by atoms with Crippen molar-refractivity contribution < 1.29 is 28.7 Å². The maximum Gasteiger partial charge on any atom is 0.338 e. The number of methoxy groups -OCH3 is 1. The Kier molecular flexibility index (Phi) is 8.23. The third-order valence-electron chi connectivity index (χ3n) is 4.61. The summed E-state index contributed by atoms with van der Waals surface area (Å²) < 4.78 is 16.2. The highest BCUT2D eigenvalue weighted by molar-refractivity contribution is 5.95. The number of nitro benzene ring substituents is 1. The Labute approximate surface area is 181 Å². The second-order valence-corrected chi connectivity index (χ2v) is 7.23. The average Bonchev–Trinajstić information content (AvgIpc) is 2.70. The molecule has 2 rings (SSSR count). The Morgan fingerprint density at radius 2 is 1.97 bits per heavy atom. The van der Waals surface area contributed by atoms with Crippen LogP contribution in [0, 0.1) is 10.1 Å². The van der Waals surface area contributed by atoms with E-state index in [0.29, 0.717) is 12.1 Å². The Morgan fingerprint density at radius 1 is 1.26 bits per heavy atom. The third kappa shape index (κ3) is 5.65. The number of nitrogens with zero attached hydrogens (tertiary/aromatic N) is 1. The van der Waals surface area contributed by atoms with Crippen LogP contribution in [0.3, 0.4) is 0 Å². The number of amides is 2. The summed E-state index contributed by atoms with van der Waals surface area (Å²) in [5, 5.41) is 17.1. The Morgan fingerprint density at radius 3 is 2.52 bits per heavy atom. The molecule has 31 heavy (non-hydrogen) atoms. The molecule has 170 valence electrons. The first-order valence-electron chi connectivity index (χ1n) is 10.2. The zero-order valence-corrected chi connectivity index (χ0v) is 18.4. The maximum absolute atomic E-state index is 12.8. The number of urea groups is 1. The minimum absolute atomic E-state index is 0.105. The van der Waals surface area contributed by atoms with E-state index in [-0.39, 0.29) is 41.0 Å². The number of hydrogen-bond acceptors (Lipinski definition) is 7. The number of ether oxygens (including phenoxy) is 3. The number of esters is 1. The molecule has 0 fully saturated rings. The van der Waals surface area contributed by atoms with Crippen molar-refractivity contribution in [3.05, 3.63) is 39.1 Å². The molecule has 1 atom stereocenters. The van der Waals surface area contributed by atoms with Gasteiger partial charge < -0.3 is 24.8 Å². The van der Waals surface area contributed by atoms with Gasteiger partial charge in [-0.05, 0) is 39.7 Å². The van der Waals surface area contributed by atoms with Crippen molar-refractivity contribution in [2.45, 2.75) is 59.1 Å². The highest BCUT2D eigenvalue weighted by Crippen LogP contribution is 2.41. The number of nitrogens with one attached hydrogen (secondary N) is 2. The van der Waals surface area contributed by atoms with Crippen LogP contribution in [0.5, 0.6) is 11.5 Å². The van der Waals surface area contributed by atoms with E-state index in [1.54, 1.807) is 20.8 Å². The second-order valence-electron chi connectivity index (χ2n) is 7.23. The fraction of sp³-hybridized carbons (Fsp3) is 0.524. The van der Waals surface area contributed by atoms with Gasteiger partial charge in [-0.25, -0.2) is 9.59 Å². The number of benzene rings is 1. The van der Waals surface area contributed by atoms with Gasteiger partial charge in [0.05, 0.1) is 48.0 Å². The molecule has 0 spiro atoms. The van der Waals surface area contributed by atoms with Gasteiger partial charge in [0.1, 0.15) is 0 Å². The van der Waals surface area contributed by atoms with E-state index in [1.165, 1.54) is 19.2 Å². The first-order chi connectivity index (χ1) is 14.7. The topological polar surface area (TPSA) is 129 Å². The molecule has 0 saturated heterocycles. The number of nitro groups is 1. The van der Waals surface area contributed by atoms with Crippen molar-refractivity contribution in [1.82, 2.24) is 10.6 Å². The van der Waals surface area contributed by atoms with Crippen LogP contribution in [0.25, 0.3) is 0 Å². The predicted octanol–water partition coefficient (Wildman–Crippen LogP) is 3.75. The number of rotatable bonds is 10. The van der Waals surface area contributed by atoms with Crippen molar-refractivity contribution in [2.24, 2.45) is 0 Å². The maximum atomic E-state index is 12.8. The van der Waals surface area contributed by atoms with Gasteiger partial charge in [-0.3, -0.25) is 10.1 Å². The normalized spacial score (nSPS) is 15.9. The highest BCUT2D eigenvalue weighted by atomic mass is 16.6. The minimum Gasteiger partial charge on any atom is -0.493 e. The van der Waals surface area contributed by atoms with Gasteiger partial charge in [0.15, 0.2) is 11.5 Å². The summed E-state index contributed by atoms with van der Waals surface area (Å²) in [4.78, 5) is 36.5. The van der Waals surface area contributed by atoms with Crippen LogP contribution in [0.2, 0.25) is 0 Å². The van der Waals surface area contributed by atoms with Crippen molar-refractivity contribution >= 4 is 17.7 Å². The number of allylic oxidation sites excluding steroid dienone is 1. The first-order valence-corrected chi connectivity index (χ1v) is 10.2. The highest BCUT2D eigenvalue weighted by Gasteiger charge is 2.38. The SMILES string of the molecule is CCCCC1=C(C(=O)OCC)C(c2cc(OC(C)C)c(OC)cc2[N+](=O)[O-])NC(=O)N1. The van der Waals surface area contributed by atoms with Crippen LogP contribution >= 0.6 is 0 Å². The third-order valence-corrected chi connectivity index (χ3v) is 4.61. The molecule has 0 saturated carbocycles. The Balaban J connectivity index is 2.74. The van der Waals surface area contributed by atoms with Gasteiger partial charge in [-0.1, -0.05) is 13.3 Å². The Hall–Kier alpha value is -3.30. The van der Waals surface area contributed by atoms with Gasteiger partial charge in [0.2, 0.25) is 0 Å². The lowest BCUT2D eigenvalue weighted by atomic mass is 9.92. The van der Waals surface area contributed by atoms with Gasteiger partial charge in [-0.15, -0.1) is 0 Å². The van der Waals surface area contributed by atoms with Crippen LogP contribution in [-0.2, 0) is 9.53 Å². The van der Waals surface area contributed by atoms with E-state index in [0.717, 1.165) is 12.8 Å². The molecule has 2 N–H and O–H groups in total. The predicted molar refractivity (Wildman–Crippen MR) is 113 cm³/mol. The lowest BCUT2D eigenvalue weighted by Crippen LogP contribution is -2.46. The summed E-state index contributed by atoms with van der Waals surface area (Å²) >= 11 is 0. The molecule has 1 heterocycles. The molecule has 2 amide bonds. The van der Waals surface area contributed by atoms with Gasteiger partial charge >= 0.3 is 12.0 Å². The van der Waals surface area contributed by atoms with E-state index in [1.807, 2.05) is 6.92 Å². The quantitative estimate of drug-likeness (QED) is 0.325. The molecule has 1 unspecified atom stereocenters. The van der Waals surface area contributed by atoms with Crippen LogP contribution in [0.15, 0.2) is 23.4 Å². The molecule has 1 aliphatic rings. The zero-order chi connectivity index (χ0) is 23.1. The van der Waals surface area contributed by atoms with E-state index >= 15 is 0 Å². The molecule has 1 aromatic carbocycles. The average molecular weight is 435 g/mol. The van der Waals surface area contributed by atoms with E-state index in [2.05, 4.69) is 10.6 Å². The summed E-state index contributed by atoms with van der Waals surface area (Å²) in [7, 11) is 1.38. The fourth-order valence-electron chi connectivity index (χ4n) is 3.31. The van der Waals surface area contributed by atoms with Gasteiger partial charge in [0.25, 0.3) is 5.69 Å². The van der Waals surface area contributed by atoms with Gasteiger partial charge in [0, 0.05) is 5.70 Å². The summed E-state index contributed by atoms with van der Waals surface area (Å²) in [6, 6.07) is 1.03. The molecular formula is C21H29N3O7. The summed E-state index contributed by atoms with van der Waals surface area (Å²) in [6.45, 7) is 7.38. The summed E-state index contributed by atoms with van der Waals surface area (Å²) in [5.74, 6) is -0.205. The molecule has 0 aliphatic carbocycles. The lowest BCUT2D eigenvalue weighted by Gasteiger charge is -2.29. The summed E-state index contributed by atoms with van der Waals surface area (Å²) in [5.41, 5.74) is 0.328. The van der Waals surface area contributed by atoms with Crippen LogP contribution in [0.4, 0.5) is 10.5 Å². The van der Waals surface area contributed by atoms with Crippen molar-refractivity contribution in [3.8, 4) is 11.5 Å². The minimum atomic E-state index is -1.08. The number of carbonyl (C=O) groups excluding carboxylic acids is 2. The van der Waals surface area contributed by atoms with Crippen molar-refractivity contribution in [2.75, 3.05) is 13.7 Å². The standard InChI is InChI=1S/C21H29N3O7/c1-6-8-9-14-18(20(25)30-7-2)19(23-21(26)22-14)13-10-17(31-12(3)4)16(29-5)11-15(13)24(27)28/h10-12,19H,6-9H2,1-5H3,(H2,22,23,26). The molecule has 0 bridgehead atoms. The largest absolute Gasteiger partial charge is 0.493 e. The molecule has 10 nitrogen and oxygen atoms in total. The molecule has 0 radical (unpaired) electrons. The second kappa shape index (κ2) is 10.6. The number of unbranched alkanes of at least 4 members (excludes halogenated alkanes) is 1. The van der Waals surface area contributed by atoms with E-state index < -0.39 is 23.0 Å². The lowest BCUT2D eigenvalue weighted by molar-refractivity contribution is -0.385. The van der Waals surface area contributed by atoms with E-state index in [4.69, 9.17) is 14.2 Å². The first kappa shape index (κ1) is 24.0. The van der Waals surface area contributed by atoms with Gasteiger partial charge in [-0.2, -0.15) is 0 Å².